The van der Waals surface area contributed by atoms with E-state index >= 15 is 0 Å². The summed E-state index contributed by atoms with van der Waals surface area (Å²) in [5.41, 5.74) is -1.43. The van der Waals surface area contributed by atoms with Crippen molar-refractivity contribution in [3.05, 3.63) is 0 Å². The lowest BCUT2D eigenvalue weighted by Crippen LogP contribution is -2.51. The van der Waals surface area contributed by atoms with Gasteiger partial charge in [-0.2, -0.15) is 0 Å². The van der Waals surface area contributed by atoms with Gasteiger partial charge in [0.1, 0.15) is 0 Å². The Bertz CT molecular complexity index is 313. The topological polar surface area (TPSA) is 54.4 Å². The molecule has 0 amide bonds. The van der Waals surface area contributed by atoms with Crippen LogP contribution in [0.15, 0.2) is 0 Å². The van der Waals surface area contributed by atoms with Crippen LogP contribution in [0.3, 0.4) is 0 Å². The van der Waals surface area contributed by atoms with Gasteiger partial charge in [0, 0.05) is 6.26 Å². The van der Waals surface area contributed by atoms with E-state index in [0.717, 1.165) is 6.42 Å². The molecular weight excluding hydrogens is 200 g/mol. The van der Waals surface area contributed by atoms with Crippen LogP contribution in [0.4, 0.5) is 0 Å². The van der Waals surface area contributed by atoms with Crippen molar-refractivity contribution in [1.82, 2.24) is 0 Å². The Morgan fingerprint density at radius 2 is 1.86 bits per heavy atom. The molecule has 84 valence electrons. The lowest BCUT2D eigenvalue weighted by atomic mass is 9.75. The minimum Gasteiger partial charge on any atom is -0.388 e. The van der Waals surface area contributed by atoms with E-state index in [-0.39, 0.29) is 5.41 Å². The van der Waals surface area contributed by atoms with Crippen LogP contribution in [0.1, 0.15) is 40.0 Å². The molecule has 0 spiro atoms. The summed E-state index contributed by atoms with van der Waals surface area (Å²) in [6.45, 7) is 5.70. The predicted molar refractivity (Wildman–Crippen MR) is 56.9 cm³/mol. The van der Waals surface area contributed by atoms with Gasteiger partial charge in [0.05, 0.1) is 10.9 Å². The second-order valence-corrected chi connectivity index (χ2v) is 7.61. The van der Waals surface area contributed by atoms with Crippen molar-refractivity contribution in [2.24, 2.45) is 5.41 Å². The minimum atomic E-state index is -3.14. The van der Waals surface area contributed by atoms with Crippen LogP contribution in [0.25, 0.3) is 0 Å². The first-order chi connectivity index (χ1) is 6.09. The molecule has 0 heterocycles. The maximum Gasteiger partial charge on any atom is 0.153 e. The van der Waals surface area contributed by atoms with E-state index in [0.29, 0.717) is 12.8 Å². The van der Waals surface area contributed by atoms with Crippen molar-refractivity contribution >= 4 is 9.84 Å². The molecule has 14 heavy (non-hydrogen) atoms. The molecule has 0 bridgehead atoms. The predicted octanol–water partition coefficient (Wildman–Crippen LogP) is 1.36. The van der Waals surface area contributed by atoms with Crippen LogP contribution in [-0.4, -0.2) is 30.6 Å². The zero-order chi connectivity index (χ0) is 11.2. The zero-order valence-electron chi connectivity index (χ0n) is 9.37. The second kappa shape index (κ2) is 3.20. The third-order valence-electron chi connectivity index (χ3n) is 3.37. The summed E-state index contributed by atoms with van der Waals surface area (Å²) in [7, 11) is -3.14. The fourth-order valence-electron chi connectivity index (χ4n) is 2.38. The molecule has 3 nitrogen and oxygen atoms in total. The van der Waals surface area contributed by atoms with E-state index in [1.807, 2.05) is 20.8 Å². The molecule has 4 heteroatoms. The summed E-state index contributed by atoms with van der Waals surface area (Å²) in [4.78, 5) is 0. The zero-order valence-corrected chi connectivity index (χ0v) is 10.2. The maximum absolute atomic E-state index is 11.5. The van der Waals surface area contributed by atoms with Gasteiger partial charge < -0.3 is 5.11 Å². The normalized spacial score (nSPS) is 34.8. The second-order valence-electron chi connectivity index (χ2n) is 5.38. The average molecular weight is 220 g/mol. The first-order valence-corrected chi connectivity index (χ1v) is 6.96. The van der Waals surface area contributed by atoms with Gasteiger partial charge in [0.2, 0.25) is 0 Å². The van der Waals surface area contributed by atoms with Gasteiger partial charge in [0.25, 0.3) is 0 Å². The minimum absolute atomic E-state index is 0.378. The van der Waals surface area contributed by atoms with E-state index in [1.54, 1.807) is 0 Å². The molecule has 0 saturated heterocycles. The Balaban J connectivity index is 3.11. The van der Waals surface area contributed by atoms with Crippen LogP contribution in [0, 0.1) is 5.41 Å². The summed E-state index contributed by atoms with van der Waals surface area (Å²) >= 11 is 0. The largest absolute Gasteiger partial charge is 0.388 e. The van der Waals surface area contributed by atoms with Gasteiger partial charge in [-0.15, -0.1) is 0 Å². The number of hydrogen-bond acceptors (Lipinski definition) is 3. The fourth-order valence-corrected chi connectivity index (χ4v) is 4.16. The third kappa shape index (κ3) is 1.82. The maximum atomic E-state index is 11.5. The van der Waals surface area contributed by atoms with Crippen molar-refractivity contribution in [3.8, 4) is 0 Å². The number of rotatable bonds is 1. The standard InChI is InChI=1S/C10H20O3S/c1-9(2,3)10(11)7-5-6-8(10)14(4,12)13/h8,11H,5-7H2,1-4H3. The molecule has 1 fully saturated rings. The number of aliphatic hydroxyl groups is 1. The summed E-state index contributed by atoms with van der Waals surface area (Å²) in [6, 6.07) is 0. The smallest absolute Gasteiger partial charge is 0.153 e. The van der Waals surface area contributed by atoms with Crippen molar-refractivity contribution in [2.45, 2.75) is 50.9 Å². The van der Waals surface area contributed by atoms with Crippen LogP contribution in [-0.2, 0) is 9.84 Å². The van der Waals surface area contributed by atoms with Gasteiger partial charge in [-0.05, 0) is 24.7 Å². The molecule has 0 aromatic carbocycles. The number of hydrogen-bond donors (Lipinski definition) is 1. The summed E-state index contributed by atoms with van der Waals surface area (Å²) in [5, 5.41) is 9.86. The molecule has 2 unspecified atom stereocenters. The Hall–Kier alpha value is -0.0900. The van der Waals surface area contributed by atoms with Gasteiger partial charge in [-0.1, -0.05) is 20.8 Å². The highest BCUT2D eigenvalue weighted by molar-refractivity contribution is 7.91. The van der Waals surface area contributed by atoms with Gasteiger partial charge >= 0.3 is 0 Å². The molecule has 0 aliphatic heterocycles. The summed E-state index contributed by atoms with van der Waals surface area (Å²) < 4.78 is 23.1. The van der Waals surface area contributed by atoms with E-state index in [1.165, 1.54) is 6.26 Å². The van der Waals surface area contributed by atoms with Crippen molar-refractivity contribution in [3.63, 3.8) is 0 Å². The van der Waals surface area contributed by atoms with Gasteiger partial charge in [0.15, 0.2) is 9.84 Å². The molecule has 0 aromatic rings. The van der Waals surface area contributed by atoms with Crippen molar-refractivity contribution < 1.29 is 13.5 Å². The highest BCUT2D eigenvalue weighted by atomic mass is 32.2. The lowest BCUT2D eigenvalue weighted by Gasteiger charge is -2.41. The van der Waals surface area contributed by atoms with Gasteiger partial charge in [-0.25, -0.2) is 8.42 Å². The summed E-state index contributed by atoms with van der Waals surface area (Å²) in [5.74, 6) is 0. The molecule has 0 radical (unpaired) electrons. The van der Waals surface area contributed by atoms with Gasteiger partial charge in [-0.3, -0.25) is 0 Å². The molecule has 1 N–H and O–H groups in total. The molecule has 1 saturated carbocycles. The monoisotopic (exact) mass is 220 g/mol. The number of sulfone groups is 1. The first-order valence-electron chi connectivity index (χ1n) is 5.00. The Morgan fingerprint density at radius 3 is 2.14 bits per heavy atom. The SMILES string of the molecule is CC(C)(C)C1(O)CCCC1S(C)(=O)=O. The Morgan fingerprint density at radius 1 is 1.36 bits per heavy atom. The van der Waals surface area contributed by atoms with E-state index in [2.05, 4.69) is 0 Å². The lowest BCUT2D eigenvalue weighted by molar-refractivity contribution is -0.0482. The Kier molecular flexibility index (Phi) is 2.74. The first kappa shape index (κ1) is 12.0. The van der Waals surface area contributed by atoms with Crippen LogP contribution in [0.5, 0.6) is 0 Å². The van der Waals surface area contributed by atoms with Crippen LogP contribution >= 0.6 is 0 Å². The van der Waals surface area contributed by atoms with E-state index < -0.39 is 20.7 Å². The molecule has 2 atom stereocenters. The molecule has 1 rings (SSSR count). The van der Waals surface area contributed by atoms with Crippen molar-refractivity contribution in [2.75, 3.05) is 6.26 Å². The van der Waals surface area contributed by atoms with Crippen LogP contribution < -0.4 is 0 Å². The van der Waals surface area contributed by atoms with Crippen LogP contribution in [0.2, 0.25) is 0 Å². The fraction of sp³-hybridized carbons (Fsp3) is 1.00. The molecule has 1 aliphatic rings. The van der Waals surface area contributed by atoms with Crippen molar-refractivity contribution in [1.29, 1.82) is 0 Å². The Labute approximate surface area is 86.4 Å². The molecule has 1 aliphatic carbocycles. The quantitative estimate of drug-likeness (QED) is 0.726. The van der Waals surface area contributed by atoms with E-state index in [4.69, 9.17) is 0 Å². The van der Waals surface area contributed by atoms with E-state index in [9.17, 15) is 13.5 Å². The average Bonchev–Trinajstić information content (AvgIpc) is 2.28. The molecule has 0 aromatic heterocycles. The molecular formula is C10H20O3S. The third-order valence-corrected chi connectivity index (χ3v) is 5.03. The highest BCUT2D eigenvalue weighted by Gasteiger charge is 2.53. The highest BCUT2D eigenvalue weighted by Crippen LogP contribution is 2.46. The summed E-state index contributed by atoms with van der Waals surface area (Å²) in [6.07, 6.45) is 3.20.